The summed E-state index contributed by atoms with van der Waals surface area (Å²) in [6.07, 6.45) is 0. The normalized spacial score (nSPS) is 13.8. The first-order valence-electron chi connectivity index (χ1n) is 11.2. The van der Waals surface area contributed by atoms with Crippen LogP contribution in [0.1, 0.15) is 5.69 Å². The Labute approximate surface area is 194 Å². The zero-order valence-electron chi connectivity index (χ0n) is 18.6. The fraction of sp³-hybridized carbons (Fsp3) is 0.179. The molecule has 0 unspecified atom stereocenters. The smallest absolute Gasteiger partial charge is 0.129 e. The number of para-hydroxylation sites is 1. The lowest BCUT2D eigenvalue weighted by Gasteiger charge is -2.37. The third-order valence-corrected chi connectivity index (χ3v) is 6.25. The standard InChI is InChI=1S/C28H27N3O2/c1-20-28(22-9-13-25(33)14-10-22)26(21-7-11-24(32)12-8-21)19-27(29-20)31-17-15-30(16-18-31)23-5-3-2-4-6-23/h2-14,19,32-33H,15-18H2,1H3. The molecule has 33 heavy (non-hydrogen) atoms. The predicted octanol–water partition coefficient (Wildman–Crippen LogP) is 5.46. The van der Waals surface area contributed by atoms with Gasteiger partial charge in [-0.3, -0.25) is 0 Å². The summed E-state index contributed by atoms with van der Waals surface area (Å²) in [6, 6.07) is 27.2. The van der Waals surface area contributed by atoms with Gasteiger partial charge in [-0.15, -0.1) is 0 Å². The van der Waals surface area contributed by atoms with Crippen LogP contribution in [0.25, 0.3) is 22.3 Å². The zero-order valence-corrected chi connectivity index (χ0v) is 18.6. The molecule has 166 valence electrons. The molecule has 3 aromatic carbocycles. The zero-order chi connectivity index (χ0) is 22.8. The van der Waals surface area contributed by atoms with E-state index in [4.69, 9.17) is 4.98 Å². The number of aromatic nitrogens is 1. The van der Waals surface area contributed by atoms with Gasteiger partial charge in [-0.1, -0.05) is 42.5 Å². The van der Waals surface area contributed by atoms with Crippen molar-refractivity contribution in [3.05, 3.63) is 90.6 Å². The quantitative estimate of drug-likeness (QED) is 0.444. The first kappa shape index (κ1) is 20.9. The Morgan fingerprint density at radius 1 is 0.667 bits per heavy atom. The molecule has 5 heteroatoms. The van der Waals surface area contributed by atoms with Crippen molar-refractivity contribution in [1.29, 1.82) is 0 Å². The van der Waals surface area contributed by atoms with E-state index >= 15 is 0 Å². The Kier molecular flexibility index (Phi) is 5.61. The summed E-state index contributed by atoms with van der Waals surface area (Å²) in [5.41, 5.74) is 6.31. The number of benzene rings is 3. The molecule has 1 aromatic heterocycles. The highest BCUT2D eigenvalue weighted by molar-refractivity contribution is 5.87. The van der Waals surface area contributed by atoms with Gasteiger partial charge in [-0.2, -0.15) is 0 Å². The maximum Gasteiger partial charge on any atom is 0.129 e. The first-order valence-corrected chi connectivity index (χ1v) is 11.2. The van der Waals surface area contributed by atoms with E-state index in [-0.39, 0.29) is 11.5 Å². The van der Waals surface area contributed by atoms with E-state index in [1.807, 2.05) is 37.3 Å². The summed E-state index contributed by atoms with van der Waals surface area (Å²) in [4.78, 5) is 9.75. The second-order valence-corrected chi connectivity index (χ2v) is 8.39. The molecule has 2 N–H and O–H groups in total. The minimum Gasteiger partial charge on any atom is -0.508 e. The molecule has 1 fully saturated rings. The molecule has 5 rings (SSSR count). The Balaban J connectivity index is 1.50. The van der Waals surface area contributed by atoms with E-state index in [0.717, 1.165) is 59.9 Å². The van der Waals surface area contributed by atoms with E-state index in [2.05, 4.69) is 40.1 Å². The molecule has 0 radical (unpaired) electrons. The van der Waals surface area contributed by atoms with E-state index in [0.29, 0.717) is 0 Å². The summed E-state index contributed by atoms with van der Waals surface area (Å²) in [7, 11) is 0. The minimum atomic E-state index is 0.239. The molecule has 5 nitrogen and oxygen atoms in total. The van der Waals surface area contributed by atoms with Gasteiger partial charge in [0.1, 0.15) is 17.3 Å². The molecule has 0 amide bonds. The summed E-state index contributed by atoms with van der Waals surface area (Å²) in [5, 5.41) is 19.6. The fourth-order valence-electron chi connectivity index (χ4n) is 4.51. The lowest BCUT2D eigenvalue weighted by atomic mass is 9.93. The van der Waals surface area contributed by atoms with Crippen molar-refractivity contribution in [1.82, 2.24) is 4.98 Å². The van der Waals surface area contributed by atoms with E-state index < -0.39 is 0 Å². The van der Waals surface area contributed by atoms with Crippen LogP contribution in [0.5, 0.6) is 11.5 Å². The van der Waals surface area contributed by atoms with E-state index in [9.17, 15) is 10.2 Å². The lowest BCUT2D eigenvalue weighted by molar-refractivity contribution is 0.475. The molecule has 1 aliphatic heterocycles. The van der Waals surface area contributed by atoms with Crippen molar-refractivity contribution in [2.24, 2.45) is 0 Å². The highest BCUT2D eigenvalue weighted by atomic mass is 16.3. The highest BCUT2D eigenvalue weighted by Crippen LogP contribution is 2.38. The Bertz CT molecular complexity index is 1230. The van der Waals surface area contributed by atoms with Crippen LogP contribution in [0.3, 0.4) is 0 Å². The number of rotatable bonds is 4. The van der Waals surface area contributed by atoms with Crippen LogP contribution in [0.15, 0.2) is 84.9 Å². The molecule has 0 aliphatic carbocycles. The third kappa shape index (κ3) is 4.35. The van der Waals surface area contributed by atoms with Gasteiger partial charge in [0.15, 0.2) is 0 Å². The van der Waals surface area contributed by atoms with Gasteiger partial charge in [0.2, 0.25) is 0 Å². The summed E-state index contributed by atoms with van der Waals surface area (Å²) < 4.78 is 0. The Morgan fingerprint density at radius 3 is 1.82 bits per heavy atom. The number of anilines is 2. The van der Waals surface area contributed by atoms with Crippen molar-refractivity contribution in [2.45, 2.75) is 6.92 Å². The number of nitrogens with zero attached hydrogens (tertiary/aromatic N) is 3. The second kappa shape index (κ2) is 8.87. The largest absolute Gasteiger partial charge is 0.508 e. The summed E-state index contributed by atoms with van der Waals surface area (Å²) in [5.74, 6) is 1.45. The van der Waals surface area contributed by atoms with E-state index in [1.54, 1.807) is 24.3 Å². The first-order chi connectivity index (χ1) is 16.1. The van der Waals surface area contributed by atoms with Gasteiger partial charge >= 0.3 is 0 Å². The average molecular weight is 438 g/mol. The van der Waals surface area contributed by atoms with Crippen LogP contribution >= 0.6 is 0 Å². The lowest BCUT2D eigenvalue weighted by Crippen LogP contribution is -2.46. The number of piperazine rings is 1. The van der Waals surface area contributed by atoms with Gasteiger partial charge in [0.25, 0.3) is 0 Å². The van der Waals surface area contributed by atoms with Gasteiger partial charge in [-0.05, 0) is 66.1 Å². The molecule has 4 aromatic rings. The maximum absolute atomic E-state index is 9.80. The highest BCUT2D eigenvalue weighted by Gasteiger charge is 2.21. The molecule has 0 saturated carbocycles. The summed E-state index contributed by atoms with van der Waals surface area (Å²) in [6.45, 7) is 5.72. The monoisotopic (exact) mass is 437 g/mol. The SMILES string of the molecule is Cc1nc(N2CCN(c3ccccc3)CC2)cc(-c2ccc(O)cc2)c1-c1ccc(O)cc1. The topological polar surface area (TPSA) is 59.8 Å². The van der Waals surface area contributed by atoms with E-state index in [1.165, 1.54) is 5.69 Å². The van der Waals surface area contributed by atoms with Gasteiger partial charge < -0.3 is 20.0 Å². The molecule has 0 bridgehead atoms. The van der Waals surface area contributed by atoms with Crippen LogP contribution in [0, 0.1) is 6.92 Å². The molecule has 1 saturated heterocycles. The van der Waals surface area contributed by atoms with Gasteiger partial charge in [-0.25, -0.2) is 4.98 Å². The van der Waals surface area contributed by atoms with Crippen molar-refractivity contribution in [3.63, 3.8) is 0 Å². The van der Waals surface area contributed by atoms with Gasteiger partial charge in [0, 0.05) is 43.1 Å². The molecular weight excluding hydrogens is 410 g/mol. The number of aromatic hydroxyl groups is 2. The van der Waals surface area contributed by atoms with Crippen LogP contribution in [0.2, 0.25) is 0 Å². The second-order valence-electron chi connectivity index (χ2n) is 8.39. The minimum absolute atomic E-state index is 0.239. The fourth-order valence-corrected chi connectivity index (χ4v) is 4.51. The molecule has 2 heterocycles. The van der Waals surface area contributed by atoms with Crippen LogP contribution in [0.4, 0.5) is 11.5 Å². The van der Waals surface area contributed by atoms with Crippen LogP contribution in [-0.4, -0.2) is 41.4 Å². The number of pyridine rings is 1. The number of phenols is 2. The van der Waals surface area contributed by atoms with Crippen LogP contribution < -0.4 is 9.80 Å². The van der Waals surface area contributed by atoms with Crippen LogP contribution in [-0.2, 0) is 0 Å². The Morgan fingerprint density at radius 2 is 1.21 bits per heavy atom. The van der Waals surface area contributed by atoms with Crippen molar-refractivity contribution < 1.29 is 10.2 Å². The number of hydrogen-bond acceptors (Lipinski definition) is 5. The molecule has 1 aliphatic rings. The van der Waals surface area contributed by atoms with Gasteiger partial charge in [0.05, 0.1) is 0 Å². The van der Waals surface area contributed by atoms with Crippen molar-refractivity contribution >= 4 is 11.5 Å². The van der Waals surface area contributed by atoms with Crippen molar-refractivity contribution in [3.8, 4) is 33.8 Å². The number of phenolic OH excluding ortho intramolecular Hbond substituents is 2. The van der Waals surface area contributed by atoms with Crippen molar-refractivity contribution in [2.75, 3.05) is 36.0 Å². The average Bonchev–Trinajstić information content (AvgIpc) is 2.85. The summed E-state index contributed by atoms with van der Waals surface area (Å²) >= 11 is 0. The maximum atomic E-state index is 9.80. The third-order valence-electron chi connectivity index (χ3n) is 6.25. The predicted molar refractivity (Wildman–Crippen MR) is 134 cm³/mol. The number of aryl methyl sites for hydroxylation is 1. The molecule has 0 spiro atoms. The molecular formula is C28H27N3O2. The number of hydrogen-bond donors (Lipinski definition) is 2. The molecule has 0 atom stereocenters. The Hall–Kier alpha value is -3.99.